The van der Waals surface area contributed by atoms with Crippen LogP contribution in [0.4, 0.5) is 4.79 Å². The molecule has 6 heteroatoms. The summed E-state index contributed by atoms with van der Waals surface area (Å²) in [5.41, 5.74) is 1.16. The first-order chi connectivity index (χ1) is 9.18. The lowest BCUT2D eigenvalue weighted by atomic mass is 10.1. The first-order valence-corrected chi connectivity index (χ1v) is 6.03. The zero-order valence-electron chi connectivity index (χ0n) is 10.6. The van der Waals surface area contributed by atoms with Crippen molar-refractivity contribution >= 4 is 12.0 Å². The van der Waals surface area contributed by atoms with Crippen LogP contribution in [0.15, 0.2) is 30.3 Å². The fraction of sp³-hybridized carbons (Fsp3) is 0.385. The molecular weight excluding hydrogens is 248 g/mol. The van der Waals surface area contributed by atoms with Gasteiger partial charge in [-0.3, -0.25) is 0 Å². The lowest BCUT2D eigenvalue weighted by Gasteiger charge is -2.07. The van der Waals surface area contributed by atoms with E-state index in [0.717, 1.165) is 12.0 Å². The summed E-state index contributed by atoms with van der Waals surface area (Å²) in [7, 11) is 0. The normalized spacial score (nSPS) is 9.89. The third kappa shape index (κ3) is 7.77. The zero-order valence-corrected chi connectivity index (χ0v) is 10.6. The number of carboxylic acids is 1. The van der Waals surface area contributed by atoms with E-state index in [1.807, 2.05) is 30.3 Å². The predicted molar refractivity (Wildman–Crippen MR) is 70.0 cm³/mol. The van der Waals surface area contributed by atoms with Crippen LogP contribution in [0.5, 0.6) is 0 Å². The smallest absolute Gasteiger partial charge is 0.329 e. The minimum absolute atomic E-state index is 0.179. The number of amides is 2. The van der Waals surface area contributed by atoms with Crippen LogP contribution < -0.4 is 10.6 Å². The molecule has 0 saturated heterocycles. The SMILES string of the molecule is O=C(O)COCCNC(=O)NCCc1ccccc1. The van der Waals surface area contributed by atoms with E-state index < -0.39 is 5.97 Å². The average molecular weight is 266 g/mol. The molecule has 19 heavy (non-hydrogen) atoms. The van der Waals surface area contributed by atoms with Crippen LogP contribution in [0, 0.1) is 0 Å². The Morgan fingerprint density at radius 3 is 2.47 bits per heavy atom. The molecule has 0 saturated carbocycles. The summed E-state index contributed by atoms with van der Waals surface area (Å²) < 4.78 is 4.78. The summed E-state index contributed by atoms with van der Waals surface area (Å²) in [5, 5.41) is 13.6. The Balaban J connectivity index is 2.01. The molecule has 0 aliphatic rings. The standard InChI is InChI=1S/C13H18N2O4/c16-12(17)10-19-9-8-15-13(18)14-7-6-11-4-2-1-3-5-11/h1-5H,6-10H2,(H,16,17)(H2,14,15,18). The number of hydrogen-bond donors (Lipinski definition) is 3. The first-order valence-electron chi connectivity index (χ1n) is 6.03. The Hall–Kier alpha value is -2.08. The fourth-order valence-electron chi connectivity index (χ4n) is 1.42. The molecule has 1 aromatic carbocycles. The average Bonchev–Trinajstić information content (AvgIpc) is 2.39. The largest absolute Gasteiger partial charge is 0.480 e. The third-order valence-corrected chi connectivity index (χ3v) is 2.30. The van der Waals surface area contributed by atoms with Crippen LogP contribution in [-0.4, -0.2) is 43.4 Å². The quantitative estimate of drug-likeness (QED) is 0.602. The number of hydrogen-bond acceptors (Lipinski definition) is 3. The van der Waals surface area contributed by atoms with E-state index in [1.165, 1.54) is 0 Å². The molecular formula is C13H18N2O4. The summed E-state index contributed by atoms with van der Waals surface area (Å²) in [5.74, 6) is -1.02. The van der Waals surface area contributed by atoms with Gasteiger partial charge in [0.2, 0.25) is 0 Å². The number of carboxylic acid groups (broad SMARTS) is 1. The molecule has 2 amide bonds. The van der Waals surface area contributed by atoms with Crippen LogP contribution in [0.2, 0.25) is 0 Å². The molecule has 0 bridgehead atoms. The summed E-state index contributed by atoms with van der Waals surface area (Å²) in [4.78, 5) is 21.5. The molecule has 0 spiro atoms. The lowest BCUT2D eigenvalue weighted by molar-refractivity contribution is -0.142. The second kappa shape index (κ2) is 8.93. The molecule has 1 rings (SSSR count). The molecule has 0 aromatic heterocycles. The summed E-state index contributed by atoms with van der Waals surface area (Å²) >= 11 is 0. The van der Waals surface area contributed by atoms with Crippen molar-refractivity contribution in [3.8, 4) is 0 Å². The molecule has 3 N–H and O–H groups in total. The Morgan fingerprint density at radius 1 is 1.11 bits per heavy atom. The Morgan fingerprint density at radius 2 is 1.79 bits per heavy atom. The van der Waals surface area contributed by atoms with Gasteiger partial charge in [-0.1, -0.05) is 30.3 Å². The number of aliphatic carboxylic acids is 1. The molecule has 0 fully saturated rings. The van der Waals surface area contributed by atoms with Crippen molar-refractivity contribution in [3.63, 3.8) is 0 Å². The van der Waals surface area contributed by atoms with Crippen LogP contribution >= 0.6 is 0 Å². The maximum atomic E-state index is 11.3. The van der Waals surface area contributed by atoms with Crippen molar-refractivity contribution in [1.29, 1.82) is 0 Å². The van der Waals surface area contributed by atoms with Crippen molar-refractivity contribution < 1.29 is 19.4 Å². The second-order valence-electron chi connectivity index (χ2n) is 3.86. The number of nitrogens with one attached hydrogen (secondary N) is 2. The van der Waals surface area contributed by atoms with Gasteiger partial charge in [-0.25, -0.2) is 9.59 Å². The van der Waals surface area contributed by atoms with Gasteiger partial charge in [0, 0.05) is 13.1 Å². The maximum Gasteiger partial charge on any atom is 0.329 e. The number of rotatable bonds is 8. The summed E-state index contributed by atoms with van der Waals surface area (Å²) in [6.45, 7) is 0.659. The van der Waals surface area contributed by atoms with E-state index in [9.17, 15) is 9.59 Å². The minimum atomic E-state index is -1.02. The molecule has 0 aliphatic carbocycles. The molecule has 6 nitrogen and oxygen atoms in total. The summed E-state index contributed by atoms with van der Waals surface area (Å²) in [6.07, 6.45) is 0.768. The number of urea groups is 1. The van der Waals surface area contributed by atoms with E-state index in [4.69, 9.17) is 9.84 Å². The van der Waals surface area contributed by atoms with Gasteiger partial charge in [-0.2, -0.15) is 0 Å². The molecule has 1 aromatic rings. The highest BCUT2D eigenvalue weighted by Crippen LogP contribution is 1.97. The predicted octanol–water partition coefficient (Wildman–Crippen LogP) is 0.630. The summed E-state index contributed by atoms with van der Waals surface area (Å²) in [6, 6.07) is 9.57. The second-order valence-corrected chi connectivity index (χ2v) is 3.86. The van der Waals surface area contributed by atoms with Crippen molar-refractivity contribution in [2.75, 3.05) is 26.3 Å². The zero-order chi connectivity index (χ0) is 13.9. The van der Waals surface area contributed by atoms with Gasteiger partial charge in [0.1, 0.15) is 6.61 Å². The van der Waals surface area contributed by atoms with Gasteiger partial charge < -0.3 is 20.5 Å². The Labute approximate surface area is 111 Å². The van der Waals surface area contributed by atoms with Gasteiger partial charge in [-0.15, -0.1) is 0 Å². The molecule has 0 unspecified atom stereocenters. The maximum absolute atomic E-state index is 11.3. The topological polar surface area (TPSA) is 87.7 Å². The van der Waals surface area contributed by atoms with Crippen LogP contribution in [0.3, 0.4) is 0 Å². The van der Waals surface area contributed by atoms with Crippen molar-refractivity contribution in [2.24, 2.45) is 0 Å². The number of ether oxygens (including phenoxy) is 1. The van der Waals surface area contributed by atoms with Gasteiger partial charge >= 0.3 is 12.0 Å². The van der Waals surface area contributed by atoms with E-state index in [1.54, 1.807) is 0 Å². The highest BCUT2D eigenvalue weighted by Gasteiger charge is 2.00. The van der Waals surface area contributed by atoms with Gasteiger partial charge in [0.05, 0.1) is 6.61 Å². The van der Waals surface area contributed by atoms with E-state index in [-0.39, 0.29) is 25.8 Å². The number of carbonyl (C=O) groups is 2. The van der Waals surface area contributed by atoms with E-state index in [2.05, 4.69) is 10.6 Å². The van der Waals surface area contributed by atoms with Gasteiger partial charge in [0.25, 0.3) is 0 Å². The molecule has 0 heterocycles. The van der Waals surface area contributed by atoms with Crippen LogP contribution in [-0.2, 0) is 16.0 Å². The molecule has 104 valence electrons. The Kier molecular flexibility index (Phi) is 7.04. The first kappa shape index (κ1) is 15.0. The Bertz CT molecular complexity index is 395. The lowest BCUT2D eigenvalue weighted by Crippen LogP contribution is -2.38. The van der Waals surface area contributed by atoms with Crippen molar-refractivity contribution in [3.05, 3.63) is 35.9 Å². The van der Waals surface area contributed by atoms with Crippen LogP contribution in [0.25, 0.3) is 0 Å². The van der Waals surface area contributed by atoms with Crippen molar-refractivity contribution in [1.82, 2.24) is 10.6 Å². The molecule has 0 radical (unpaired) electrons. The number of carbonyl (C=O) groups excluding carboxylic acids is 1. The third-order valence-electron chi connectivity index (χ3n) is 2.30. The van der Waals surface area contributed by atoms with E-state index >= 15 is 0 Å². The highest BCUT2D eigenvalue weighted by atomic mass is 16.5. The fourth-order valence-corrected chi connectivity index (χ4v) is 1.42. The molecule has 0 atom stereocenters. The molecule has 0 aliphatic heterocycles. The van der Waals surface area contributed by atoms with Gasteiger partial charge in [-0.05, 0) is 12.0 Å². The van der Waals surface area contributed by atoms with Gasteiger partial charge in [0.15, 0.2) is 0 Å². The van der Waals surface area contributed by atoms with Crippen LogP contribution in [0.1, 0.15) is 5.56 Å². The van der Waals surface area contributed by atoms with Crippen molar-refractivity contribution in [2.45, 2.75) is 6.42 Å². The van der Waals surface area contributed by atoms with E-state index in [0.29, 0.717) is 6.54 Å². The monoisotopic (exact) mass is 266 g/mol. The highest BCUT2D eigenvalue weighted by molar-refractivity contribution is 5.73. The number of benzene rings is 1. The minimum Gasteiger partial charge on any atom is -0.480 e.